The summed E-state index contributed by atoms with van der Waals surface area (Å²) >= 11 is 2.66. The van der Waals surface area contributed by atoms with Crippen LogP contribution < -0.4 is 15.8 Å². The molecule has 20 heavy (non-hydrogen) atoms. The summed E-state index contributed by atoms with van der Waals surface area (Å²) in [7, 11) is 1.62. The van der Waals surface area contributed by atoms with E-state index < -0.39 is 0 Å². The van der Waals surface area contributed by atoms with E-state index >= 15 is 0 Å². The summed E-state index contributed by atoms with van der Waals surface area (Å²) in [6.07, 6.45) is 0. The summed E-state index contributed by atoms with van der Waals surface area (Å²) in [6, 6.07) is 7.51. The minimum Gasteiger partial charge on any atom is -0.497 e. The van der Waals surface area contributed by atoms with Gasteiger partial charge in [0.15, 0.2) is 4.34 Å². The molecule has 0 aliphatic heterocycles. The number of rotatable bonds is 6. The first-order valence-corrected chi connectivity index (χ1v) is 7.48. The molecule has 2 rings (SSSR count). The molecule has 0 aliphatic carbocycles. The normalized spacial score (nSPS) is 11.9. The van der Waals surface area contributed by atoms with Gasteiger partial charge in [-0.1, -0.05) is 29.2 Å². The second-order valence-corrected chi connectivity index (χ2v) is 6.46. The highest BCUT2D eigenvalue weighted by molar-refractivity contribution is 8.02. The lowest BCUT2D eigenvalue weighted by atomic mass is 10.3. The number of nitrogens with one attached hydrogen (secondary N) is 1. The van der Waals surface area contributed by atoms with Gasteiger partial charge in [-0.25, -0.2) is 0 Å². The number of carbonyl (C=O) groups excluding carboxylic acids is 1. The van der Waals surface area contributed by atoms with E-state index in [-0.39, 0.29) is 11.2 Å². The molecule has 8 heteroatoms. The predicted octanol–water partition coefficient (Wildman–Crippen LogP) is 2.26. The van der Waals surface area contributed by atoms with Crippen molar-refractivity contribution in [2.45, 2.75) is 16.5 Å². The van der Waals surface area contributed by atoms with E-state index in [0.717, 1.165) is 11.4 Å². The molecule has 0 aliphatic rings. The highest BCUT2D eigenvalue weighted by Gasteiger charge is 2.14. The summed E-state index contributed by atoms with van der Waals surface area (Å²) in [4.78, 5) is 11.0. The standard InChI is InChI=1S/C12H14N4O2S2/c1-7(10(13)17)19-12-16-15-11(20-12)14-8-4-3-5-9(6-8)18-2/h3-7H,1-2H3,(H2,13,17)(H,14,15)/t7-/m0/s1. The number of thioether (sulfide) groups is 1. The average molecular weight is 310 g/mol. The number of amides is 1. The lowest BCUT2D eigenvalue weighted by molar-refractivity contribution is -0.117. The van der Waals surface area contributed by atoms with Crippen molar-refractivity contribution in [1.29, 1.82) is 0 Å². The maximum absolute atomic E-state index is 11.0. The molecule has 6 nitrogen and oxygen atoms in total. The number of nitrogens with two attached hydrogens (primary N) is 1. The van der Waals surface area contributed by atoms with Crippen molar-refractivity contribution in [2.75, 3.05) is 12.4 Å². The molecule has 0 unspecified atom stereocenters. The number of benzene rings is 1. The molecule has 106 valence electrons. The second-order valence-electron chi connectivity index (χ2n) is 3.89. The van der Waals surface area contributed by atoms with E-state index in [0.29, 0.717) is 9.47 Å². The minimum absolute atomic E-state index is 0.326. The van der Waals surface area contributed by atoms with Crippen molar-refractivity contribution < 1.29 is 9.53 Å². The molecule has 0 saturated heterocycles. The Bertz CT molecular complexity index is 603. The summed E-state index contributed by atoms with van der Waals surface area (Å²) < 4.78 is 5.84. The largest absolute Gasteiger partial charge is 0.497 e. The third-order valence-corrected chi connectivity index (χ3v) is 4.45. The van der Waals surface area contributed by atoms with Crippen LogP contribution in [-0.2, 0) is 4.79 Å². The van der Waals surface area contributed by atoms with Crippen molar-refractivity contribution in [3.05, 3.63) is 24.3 Å². The van der Waals surface area contributed by atoms with Crippen LogP contribution >= 0.6 is 23.1 Å². The number of primary amides is 1. The number of nitrogens with zero attached hydrogens (tertiary/aromatic N) is 2. The van der Waals surface area contributed by atoms with E-state index in [1.165, 1.54) is 23.1 Å². The zero-order valence-electron chi connectivity index (χ0n) is 11.0. The van der Waals surface area contributed by atoms with Crippen molar-refractivity contribution in [3.63, 3.8) is 0 Å². The molecule has 1 amide bonds. The van der Waals surface area contributed by atoms with Gasteiger partial charge < -0.3 is 15.8 Å². The highest BCUT2D eigenvalue weighted by Crippen LogP contribution is 2.30. The van der Waals surface area contributed by atoms with Gasteiger partial charge in [0.1, 0.15) is 5.75 Å². The number of methoxy groups -OCH3 is 1. The predicted molar refractivity (Wildman–Crippen MR) is 80.7 cm³/mol. The Morgan fingerprint density at radius 3 is 3.00 bits per heavy atom. The molecule has 0 saturated carbocycles. The summed E-state index contributed by atoms with van der Waals surface area (Å²) in [5.74, 6) is 0.393. The molecule has 0 spiro atoms. The molecule has 0 bridgehead atoms. The van der Waals surface area contributed by atoms with Crippen LogP contribution in [0.4, 0.5) is 10.8 Å². The third-order valence-electron chi connectivity index (χ3n) is 2.41. The van der Waals surface area contributed by atoms with Gasteiger partial charge in [0.2, 0.25) is 11.0 Å². The van der Waals surface area contributed by atoms with Gasteiger partial charge in [0.05, 0.1) is 12.4 Å². The molecule has 1 aromatic heterocycles. The molecular weight excluding hydrogens is 296 g/mol. The van der Waals surface area contributed by atoms with Crippen LogP contribution in [0.2, 0.25) is 0 Å². The highest BCUT2D eigenvalue weighted by atomic mass is 32.2. The van der Waals surface area contributed by atoms with Crippen LogP contribution in [0.15, 0.2) is 28.6 Å². The number of hydrogen-bond donors (Lipinski definition) is 2. The summed E-state index contributed by atoms with van der Waals surface area (Å²) in [6.45, 7) is 1.74. The topological polar surface area (TPSA) is 90.1 Å². The van der Waals surface area contributed by atoms with Crippen LogP contribution in [-0.4, -0.2) is 28.5 Å². The zero-order valence-corrected chi connectivity index (χ0v) is 12.6. The number of aromatic nitrogens is 2. The van der Waals surface area contributed by atoms with Crippen LogP contribution in [0.25, 0.3) is 0 Å². The van der Waals surface area contributed by atoms with Crippen LogP contribution in [0, 0.1) is 0 Å². The Hall–Kier alpha value is -1.80. The third kappa shape index (κ3) is 3.84. The van der Waals surface area contributed by atoms with Gasteiger partial charge in [-0.3, -0.25) is 4.79 Å². The van der Waals surface area contributed by atoms with E-state index in [9.17, 15) is 4.79 Å². The van der Waals surface area contributed by atoms with Crippen molar-refractivity contribution in [2.24, 2.45) is 5.73 Å². The Morgan fingerprint density at radius 2 is 2.30 bits per heavy atom. The van der Waals surface area contributed by atoms with Crippen LogP contribution in [0.1, 0.15) is 6.92 Å². The smallest absolute Gasteiger partial charge is 0.230 e. The zero-order chi connectivity index (χ0) is 14.5. The lowest BCUT2D eigenvalue weighted by Gasteiger charge is -2.04. The first-order valence-electron chi connectivity index (χ1n) is 5.79. The molecule has 0 radical (unpaired) electrons. The summed E-state index contributed by atoms with van der Waals surface area (Å²) in [5, 5.41) is 11.5. The Balaban J connectivity index is 2.03. The van der Waals surface area contributed by atoms with Gasteiger partial charge in [0.25, 0.3) is 0 Å². The molecule has 2 aromatic rings. The van der Waals surface area contributed by atoms with Gasteiger partial charge in [-0.05, 0) is 19.1 Å². The van der Waals surface area contributed by atoms with Gasteiger partial charge in [-0.15, -0.1) is 10.2 Å². The average Bonchev–Trinajstić information content (AvgIpc) is 2.86. The Kier molecular flexibility index (Phi) is 4.80. The molecule has 3 N–H and O–H groups in total. The first kappa shape index (κ1) is 14.6. The van der Waals surface area contributed by atoms with E-state index in [2.05, 4.69) is 15.5 Å². The quantitative estimate of drug-likeness (QED) is 0.795. The van der Waals surface area contributed by atoms with Crippen molar-refractivity contribution in [1.82, 2.24) is 10.2 Å². The van der Waals surface area contributed by atoms with Crippen LogP contribution in [0.3, 0.4) is 0 Å². The summed E-state index contributed by atoms with van der Waals surface area (Å²) in [5.41, 5.74) is 6.07. The number of hydrogen-bond acceptors (Lipinski definition) is 7. The monoisotopic (exact) mass is 310 g/mol. The van der Waals surface area contributed by atoms with Crippen molar-refractivity contribution in [3.8, 4) is 5.75 Å². The fourth-order valence-corrected chi connectivity index (χ4v) is 3.21. The van der Waals surface area contributed by atoms with Crippen LogP contribution in [0.5, 0.6) is 5.75 Å². The number of ether oxygens (including phenoxy) is 1. The SMILES string of the molecule is COc1cccc(Nc2nnc(S[C@@H](C)C(N)=O)s2)c1. The Labute approximate surface area is 124 Å². The maximum atomic E-state index is 11.0. The number of anilines is 2. The molecular formula is C12H14N4O2S2. The van der Waals surface area contributed by atoms with Gasteiger partial charge >= 0.3 is 0 Å². The maximum Gasteiger partial charge on any atom is 0.230 e. The second kappa shape index (κ2) is 6.58. The fraction of sp³-hybridized carbons (Fsp3) is 0.250. The Morgan fingerprint density at radius 1 is 1.50 bits per heavy atom. The van der Waals surface area contributed by atoms with E-state index in [1.54, 1.807) is 14.0 Å². The molecule has 1 heterocycles. The molecule has 1 atom stereocenters. The van der Waals surface area contributed by atoms with E-state index in [1.807, 2.05) is 24.3 Å². The lowest BCUT2D eigenvalue weighted by Crippen LogP contribution is -2.22. The first-order chi connectivity index (χ1) is 9.58. The molecule has 0 fully saturated rings. The van der Waals surface area contributed by atoms with Crippen molar-refractivity contribution >= 4 is 39.8 Å². The van der Waals surface area contributed by atoms with Gasteiger partial charge in [-0.2, -0.15) is 0 Å². The van der Waals surface area contributed by atoms with E-state index in [4.69, 9.17) is 10.5 Å². The number of carbonyl (C=O) groups is 1. The fourth-order valence-electron chi connectivity index (χ4n) is 1.34. The van der Waals surface area contributed by atoms with Gasteiger partial charge in [0, 0.05) is 11.8 Å². The molecule has 1 aromatic carbocycles. The minimum atomic E-state index is -0.368.